The number of hydrogen-bond donors (Lipinski definition) is 1. The first kappa shape index (κ1) is 13.5. The molecule has 0 bridgehead atoms. The lowest BCUT2D eigenvalue weighted by Crippen LogP contribution is -2.15. The van der Waals surface area contributed by atoms with E-state index in [0.29, 0.717) is 5.69 Å². The van der Waals surface area contributed by atoms with Crippen molar-refractivity contribution in [1.29, 1.82) is 0 Å². The van der Waals surface area contributed by atoms with Crippen molar-refractivity contribution in [3.8, 4) is 0 Å². The Balaban J connectivity index is 2.22. The summed E-state index contributed by atoms with van der Waals surface area (Å²) < 4.78 is 2.05. The van der Waals surface area contributed by atoms with E-state index in [1.165, 1.54) is 0 Å². The van der Waals surface area contributed by atoms with Crippen LogP contribution in [-0.2, 0) is 0 Å². The summed E-state index contributed by atoms with van der Waals surface area (Å²) in [5, 5.41) is 2.84. The molecule has 0 aliphatic heterocycles. The smallest absolute Gasteiger partial charge is 0.274 e. The van der Waals surface area contributed by atoms with Crippen molar-refractivity contribution in [2.75, 3.05) is 5.32 Å². The average molecular weight is 417 g/mol. The topological polar surface area (TPSA) is 42.0 Å². The Morgan fingerprint density at radius 2 is 2.17 bits per heavy atom. The zero-order chi connectivity index (χ0) is 13.1. The first-order chi connectivity index (χ1) is 8.58. The molecule has 1 N–H and O–H groups in total. The fourth-order valence-corrected chi connectivity index (χ4v) is 2.25. The monoisotopic (exact) mass is 416 g/mol. The molecule has 1 aromatic heterocycles. The molecule has 0 unspecified atom stereocenters. The maximum atomic E-state index is 12.0. The largest absolute Gasteiger partial charge is 0.321 e. The van der Waals surface area contributed by atoms with Crippen LogP contribution in [0.5, 0.6) is 0 Å². The van der Waals surface area contributed by atoms with E-state index in [1.807, 2.05) is 37.3 Å². The van der Waals surface area contributed by atoms with Gasteiger partial charge in [-0.15, -0.1) is 0 Å². The van der Waals surface area contributed by atoms with E-state index in [0.717, 1.165) is 19.3 Å². The van der Waals surface area contributed by atoms with Crippen LogP contribution in [-0.4, -0.2) is 10.9 Å². The summed E-state index contributed by atoms with van der Waals surface area (Å²) in [4.78, 5) is 16.1. The number of nitrogens with one attached hydrogen (secondary N) is 1. The molecule has 2 rings (SSSR count). The normalized spacial score (nSPS) is 10.2. The molecule has 1 amide bonds. The number of anilines is 1. The highest BCUT2D eigenvalue weighted by molar-refractivity contribution is 14.1. The number of amides is 1. The molecule has 0 spiro atoms. The van der Waals surface area contributed by atoms with Crippen molar-refractivity contribution in [3.63, 3.8) is 0 Å². The summed E-state index contributed by atoms with van der Waals surface area (Å²) in [6.45, 7) is 1.87. The van der Waals surface area contributed by atoms with E-state index in [2.05, 4.69) is 48.8 Å². The van der Waals surface area contributed by atoms with Gasteiger partial charge in [0.1, 0.15) is 5.69 Å². The Kier molecular flexibility index (Phi) is 4.34. The number of nitrogens with zero attached hydrogens (tertiary/aromatic N) is 1. The second-order valence-electron chi connectivity index (χ2n) is 3.75. The number of aromatic nitrogens is 1. The molecule has 1 heterocycles. The molecule has 18 heavy (non-hydrogen) atoms. The molecule has 2 aromatic rings. The zero-order valence-electron chi connectivity index (χ0n) is 9.58. The lowest BCUT2D eigenvalue weighted by molar-refractivity contribution is 0.102. The number of hydrogen-bond acceptors (Lipinski definition) is 2. The Bertz CT molecular complexity index is 601. The molecule has 0 aliphatic rings. The number of benzene rings is 1. The maximum Gasteiger partial charge on any atom is 0.274 e. The van der Waals surface area contributed by atoms with Crippen molar-refractivity contribution in [3.05, 3.63) is 55.8 Å². The average Bonchev–Trinajstić information content (AvgIpc) is 2.34. The van der Waals surface area contributed by atoms with Crippen LogP contribution in [0.15, 0.2) is 41.0 Å². The van der Waals surface area contributed by atoms with E-state index < -0.39 is 0 Å². The molecule has 0 atom stereocenters. The van der Waals surface area contributed by atoms with Gasteiger partial charge in [0.2, 0.25) is 0 Å². The number of halogens is 2. The minimum Gasteiger partial charge on any atom is -0.321 e. The molecule has 0 saturated carbocycles. The SMILES string of the molecule is Cc1cccnc1C(=O)Nc1ccc(Br)c(I)c1. The number of aryl methyl sites for hydroxylation is 1. The molecule has 5 heteroatoms. The van der Waals surface area contributed by atoms with E-state index in [4.69, 9.17) is 0 Å². The fourth-order valence-electron chi connectivity index (χ4n) is 1.49. The minimum absolute atomic E-state index is 0.189. The molecule has 0 fully saturated rings. The van der Waals surface area contributed by atoms with Gasteiger partial charge < -0.3 is 5.32 Å². The van der Waals surface area contributed by atoms with E-state index >= 15 is 0 Å². The van der Waals surface area contributed by atoms with Gasteiger partial charge in [0.05, 0.1) is 0 Å². The van der Waals surface area contributed by atoms with Crippen LogP contribution in [0.3, 0.4) is 0 Å². The van der Waals surface area contributed by atoms with Crippen molar-refractivity contribution in [2.24, 2.45) is 0 Å². The Morgan fingerprint density at radius 3 is 2.83 bits per heavy atom. The summed E-state index contributed by atoms with van der Waals surface area (Å²) in [6, 6.07) is 9.34. The van der Waals surface area contributed by atoms with E-state index in [1.54, 1.807) is 6.20 Å². The highest BCUT2D eigenvalue weighted by Gasteiger charge is 2.10. The summed E-state index contributed by atoms with van der Waals surface area (Å²) >= 11 is 5.62. The molecular formula is C13H10BrIN2O. The van der Waals surface area contributed by atoms with E-state index in [-0.39, 0.29) is 5.91 Å². The van der Waals surface area contributed by atoms with Gasteiger partial charge in [-0.2, -0.15) is 0 Å². The van der Waals surface area contributed by atoms with Gasteiger partial charge in [-0.25, -0.2) is 0 Å². The van der Waals surface area contributed by atoms with Crippen molar-refractivity contribution in [2.45, 2.75) is 6.92 Å². The van der Waals surface area contributed by atoms with Gasteiger partial charge in [-0.3, -0.25) is 9.78 Å². The summed E-state index contributed by atoms with van der Waals surface area (Å²) in [5.41, 5.74) is 2.08. The van der Waals surface area contributed by atoms with Crippen molar-refractivity contribution >= 4 is 50.1 Å². The van der Waals surface area contributed by atoms with Gasteiger partial charge in [0.25, 0.3) is 5.91 Å². The van der Waals surface area contributed by atoms with Crippen LogP contribution in [0.4, 0.5) is 5.69 Å². The first-order valence-electron chi connectivity index (χ1n) is 5.26. The summed E-state index contributed by atoms with van der Waals surface area (Å²) in [6.07, 6.45) is 1.62. The lowest BCUT2D eigenvalue weighted by Gasteiger charge is -2.07. The lowest BCUT2D eigenvalue weighted by atomic mass is 10.2. The highest BCUT2D eigenvalue weighted by atomic mass is 127. The number of rotatable bonds is 2. The van der Waals surface area contributed by atoms with Crippen LogP contribution in [0.25, 0.3) is 0 Å². The third kappa shape index (κ3) is 3.08. The van der Waals surface area contributed by atoms with Crippen LogP contribution < -0.4 is 5.32 Å². The minimum atomic E-state index is -0.189. The van der Waals surface area contributed by atoms with Crippen molar-refractivity contribution in [1.82, 2.24) is 4.98 Å². The standard InChI is InChI=1S/C13H10BrIN2O/c1-8-3-2-6-16-12(8)13(18)17-9-4-5-10(14)11(15)7-9/h2-7H,1H3,(H,17,18). The second kappa shape index (κ2) is 5.79. The summed E-state index contributed by atoms with van der Waals surface area (Å²) in [7, 11) is 0. The van der Waals surface area contributed by atoms with E-state index in [9.17, 15) is 4.79 Å². The van der Waals surface area contributed by atoms with Crippen LogP contribution >= 0.6 is 38.5 Å². The quantitative estimate of drug-likeness (QED) is 0.751. The highest BCUT2D eigenvalue weighted by Crippen LogP contribution is 2.23. The number of carbonyl (C=O) groups is 1. The second-order valence-corrected chi connectivity index (χ2v) is 5.77. The Labute approximate surface area is 127 Å². The predicted molar refractivity (Wildman–Crippen MR) is 83.8 cm³/mol. The fraction of sp³-hybridized carbons (Fsp3) is 0.0769. The summed E-state index contributed by atoms with van der Waals surface area (Å²) in [5.74, 6) is -0.189. The van der Waals surface area contributed by atoms with Gasteiger partial charge >= 0.3 is 0 Å². The molecule has 1 aromatic carbocycles. The molecule has 3 nitrogen and oxygen atoms in total. The Hall–Kier alpha value is -0.950. The maximum absolute atomic E-state index is 12.0. The number of carbonyl (C=O) groups excluding carboxylic acids is 1. The van der Waals surface area contributed by atoms with Crippen LogP contribution in [0, 0.1) is 10.5 Å². The van der Waals surface area contributed by atoms with Gasteiger partial charge in [0.15, 0.2) is 0 Å². The van der Waals surface area contributed by atoms with Crippen LogP contribution in [0.1, 0.15) is 16.1 Å². The van der Waals surface area contributed by atoms with Crippen molar-refractivity contribution < 1.29 is 4.79 Å². The first-order valence-corrected chi connectivity index (χ1v) is 7.13. The molecule has 92 valence electrons. The van der Waals surface area contributed by atoms with Gasteiger partial charge in [-0.1, -0.05) is 6.07 Å². The van der Waals surface area contributed by atoms with Gasteiger partial charge in [-0.05, 0) is 75.3 Å². The Morgan fingerprint density at radius 1 is 1.39 bits per heavy atom. The zero-order valence-corrected chi connectivity index (χ0v) is 13.3. The predicted octanol–water partition coefficient (Wildman–Crippen LogP) is 4.01. The third-order valence-corrected chi connectivity index (χ3v) is 4.73. The molecular weight excluding hydrogens is 407 g/mol. The van der Waals surface area contributed by atoms with Gasteiger partial charge in [0, 0.05) is 19.9 Å². The van der Waals surface area contributed by atoms with Crippen LogP contribution in [0.2, 0.25) is 0 Å². The molecule has 0 saturated heterocycles. The third-order valence-electron chi connectivity index (χ3n) is 2.40. The number of pyridine rings is 1. The molecule has 0 radical (unpaired) electrons. The molecule has 0 aliphatic carbocycles.